The van der Waals surface area contributed by atoms with E-state index in [4.69, 9.17) is 18.9 Å². The van der Waals surface area contributed by atoms with Crippen molar-refractivity contribution in [2.24, 2.45) is 0 Å². The van der Waals surface area contributed by atoms with Crippen LogP contribution in [0.4, 0.5) is 10.8 Å². The van der Waals surface area contributed by atoms with Gasteiger partial charge in [-0.3, -0.25) is 9.69 Å². The molecule has 0 aliphatic carbocycles. The highest BCUT2D eigenvalue weighted by molar-refractivity contribution is 7.14. The number of hydrogen-bond acceptors (Lipinski definition) is 8. The number of amides is 1. The van der Waals surface area contributed by atoms with Gasteiger partial charge >= 0.3 is 5.97 Å². The molecule has 3 rings (SSSR count). The average molecular weight is 457 g/mol. The van der Waals surface area contributed by atoms with E-state index in [1.54, 1.807) is 5.38 Å². The van der Waals surface area contributed by atoms with E-state index in [2.05, 4.69) is 4.98 Å². The first-order chi connectivity index (χ1) is 15.4. The molecule has 0 N–H and O–H groups in total. The van der Waals surface area contributed by atoms with Gasteiger partial charge < -0.3 is 18.9 Å². The topological polar surface area (TPSA) is 87.2 Å². The molecule has 3 aromatic rings. The van der Waals surface area contributed by atoms with Crippen molar-refractivity contribution in [2.45, 2.75) is 20.5 Å². The average Bonchev–Trinajstić information content (AvgIpc) is 3.24. The van der Waals surface area contributed by atoms with Crippen molar-refractivity contribution in [3.05, 3.63) is 58.6 Å². The van der Waals surface area contributed by atoms with Crippen LogP contribution in [0, 0.1) is 6.92 Å². The number of anilines is 2. The Morgan fingerprint density at radius 3 is 2.28 bits per heavy atom. The normalized spacial score (nSPS) is 10.4. The van der Waals surface area contributed by atoms with Crippen LogP contribution in [0.25, 0.3) is 0 Å². The Bertz CT molecular complexity index is 1100. The molecular formula is C23H24N2O6S. The lowest BCUT2D eigenvalue weighted by atomic mass is 10.2. The fourth-order valence-corrected chi connectivity index (χ4v) is 3.95. The van der Waals surface area contributed by atoms with Crippen molar-refractivity contribution in [1.82, 2.24) is 4.98 Å². The molecular weight excluding hydrogens is 432 g/mol. The summed E-state index contributed by atoms with van der Waals surface area (Å²) >= 11 is 1.30. The summed E-state index contributed by atoms with van der Waals surface area (Å²) in [5.41, 5.74) is 2.54. The number of ether oxygens (including phenoxy) is 4. The first kappa shape index (κ1) is 23.1. The standard InChI is InChI=1S/C23H24N2O6S/c1-14-7-6-8-18(9-14)25(15(2)26)23-24-17(13-32-23)12-31-22(27)16-10-19(28-3)21(30-5)20(11-16)29-4/h6-11,13H,12H2,1-5H3. The highest BCUT2D eigenvalue weighted by Crippen LogP contribution is 2.38. The van der Waals surface area contributed by atoms with E-state index in [1.807, 2.05) is 31.2 Å². The number of esters is 1. The molecule has 1 amide bonds. The van der Waals surface area contributed by atoms with Gasteiger partial charge in [-0.2, -0.15) is 0 Å². The van der Waals surface area contributed by atoms with Gasteiger partial charge in [0.05, 0.1) is 38.3 Å². The van der Waals surface area contributed by atoms with Gasteiger partial charge in [0.1, 0.15) is 6.61 Å². The summed E-state index contributed by atoms with van der Waals surface area (Å²) in [6.45, 7) is 3.39. The maximum absolute atomic E-state index is 12.6. The summed E-state index contributed by atoms with van der Waals surface area (Å²) in [6.07, 6.45) is 0. The Kier molecular flexibility index (Phi) is 7.32. The van der Waals surface area contributed by atoms with Crippen molar-refractivity contribution in [2.75, 3.05) is 26.2 Å². The van der Waals surface area contributed by atoms with E-state index < -0.39 is 5.97 Å². The number of aromatic nitrogens is 1. The van der Waals surface area contributed by atoms with Crippen molar-refractivity contribution >= 4 is 34.0 Å². The SMILES string of the molecule is COc1cc(C(=O)OCc2csc(N(C(C)=O)c3cccc(C)c3)n2)cc(OC)c1OC. The Labute approximate surface area is 190 Å². The molecule has 0 unspecified atom stereocenters. The van der Waals surface area contributed by atoms with E-state index >= 15 is 0 Å². The van der Waals surface area contributed by atoms with Crippen LogP contribution in [-0.2, 0) is 16.1 Å². The van der Waals surface area contributed by atoms with Gasteiger partial charge in [0.2, 0.25) is 11.7 Å². The summed E-state index contributed by atoms with van der Waals surface area (Å²) in [5.74, 6) is 0.359. The van der Waals surface area contributed by atoms with E-state index in [0.717, 1.165) is 11.3 Å². The number of hydrogen-bond donors (Lipinski definition) is 0. The Hall–Kier alpha value is -3.59. The molecule has 9 heteroatoms. The quantitative estimate of drug-likeness (QED) is 0.461. The van der Waals surface area contributed by atoms with Gasteiger partial charge in [-0.15, -0.1) is 11.3 Å². The number of rotatable bonds is 8. The molecule has 0 spiro atoms. The second kappa shape index (κ2) is 10.1. The fourth-order valence-electron chi connectivity index (χ4n) is 3.08. The maximum atomic E-state index is 12.6. The van der Waals surface area contributed by atoms with Gasteiger partial charge in [-0.25, -0.2) is 9.78 Å². The molecule has 0 saturated carbocycles. The van der Waals surface area contributed by atoms with Gasteiger partial charge in [0.15, 0.2) is 16.6 Å². The lowest BCUT2D eigenvalue weighted by Gasteiger charge is -2.18. The highest BCUT2D eigenvalue weighted by atomic mass is 32.1. The van der Waals surface area contributed by atoms with Crippen molar-refractivity contribution < 1.29 is 28.5 Å². The molecule has 0 fully saturated rings. The predicted octanol–water partition coefficient (Wildman–Crippen LogP) is 4.52. The molecule has 168 valence electrons. The van der Waals surface area contributed by atoms with Crippen LogP contribution in [0.15, 0.2) is 41.8 Å². The number of aryl methyl sites for hydroxylation is 1. The monoisotopic (exact) mass is 456 g/mol. The number of nitrogens with zero attached hydrogens (tertiary/aromatic N) is 2. The zero-order valence-electron chi connectivity index (χ0n) is 18.5. The summed E-state index contributed by atoms with van der Waals surface area (Å²) < 4.78 is 21.2. The van der Waals surface area contributed by atoms with E-state index in [9.17, 15) is 9.59 Å². The number of carbonyl (C=O) groups excluding carboxylic acids is 2. The zero-order chi connectivity index (χ0) is 23.3. The van der Waals surface area contributed by atoms with Crippen molar-refractivity contribution in [3.63, 3.8) is 0 Å². The van der Waals surface area contributed by atoms with Gasteiger partial charge in [0, 0.05) is 12.3 Å². The Morgan fingerprint density at radius 1 is 1.03 bits per heavy atom. The third kappa shape index (κ3) is 5.00. The van der Waals surface area contributed by atoms with Crippen LogP contribution < -0.4 is 19.1 Å². The van der Waals surface area contributed by atoms with E-state index in [1.165, 1.54) is 56.6 Å². The highest BCUT2D eigenvalue weighted by Gasteiger charge is 2.20. The molecule has 32 heavy (non-hydrogen) atoms. The number of carbonyl (C=O) groups is 2. The molecule has 8 nitrogen and oxygen atoms in total. The van der Waals surface area contributed by atoms with Crippen LogP contribution in [0.5, 0.6) is 17.2 Å². The molecule has 0 aliphatic heterocycles. The van der Waals surface area contributed by atoms with Crippen molar-refractivity contribution in [1.29, 1.82) is 0 Å². The Morgan fingerprint density at radius 2 is 1.72 bits per heavy atom. The fraction of sp³-hybridized carbons (Fsp3) is 0.261. The summed E-state index contributed by atoms with van der Waals surface area (Å²) in [4.78, 5) is 30.9. The molecule has 0 bridgehead atoms. The molecule has 2 aromatic carbocycles. The van der Waals surface area contributed by atoms with Gasteiger partial charge in [0.25, 0.3) is 0 Å². The van der Waals surface area contributed by atoms with Crippen molar-refractivity contribution in [3.8, 4) is 17.2 Å². The molecule has 1 heterocycles. The van der Waals surface area contributed by atoms with Crippen LogP contribution in [0.2, 0.25) is 0 Å². The first-order valence-corrected chi connectivity index (χ1v) is 10.5. The molecule has 1 aromatic heterocycles. The molecule has 0 radical (unpaired) electrons. The van der Waals surface area contributed by atoms with E-state index in [-0.39, 0.29) is 18.1 Å². The van der Waals surface area contributed by atoms with Crippen LogP contribution >= 0.6 is 11.3 Å². The second-order valence-electron chi connectivity index (χ2n) is 6.80. The summed E-state index contributed by atoms with van der Waals surface area (Å²) in [7, 11) is 4.43. The van der Waals surface area contributed by atoms with Crippen LogP contribution in [0.3, 0.4) is 0 Å². The minimum atomic E-state index is -0.569. The zero-order valence-corrected chi connectivity index (χ0v) is 19.3. The smallest absolute Gasteiger partial charge is 0.338 e. The van der Waals surface area contributed by atoms with Gasteiger partial charge in [-0.05, 0) is 36.8 Å². The minimum absolute atomic E-state index is 0.0500. The lowest BCUT2D eigenvalue weighted by molar-refractivity contribution is -0.115. The summed E-state index contributed by atoms with van der Waals surface area (Å²) in [6, 6.07) is 10.6. The lowest BCUT2D eigenvalue weighted by Crippen LogP contribution is -2.22. The molecule has 0 atom stereocenters. The molecule has 0 aliphatic rings. The van der Waals surface area contributed by atoms with Gasteiger partial charge in [-0.1, -0.05) is 12.1 Å². The molecule has 0 saturated heterocycles. The third-order valence-corrected chi connectivity index (χ3v) is 5.43. The first-order valence-electron chi connectivity index (χ1n) is 9.66. The number of methoxy groups -OCH3 is 3. The van der Waals surface area contributed by atoms with Crippen LogP contribution in [0.1, 0.15) is 28.5 Å². The van der Waals surface area contributed by atoms with Crippen LogP contribution in [-0.4, -0.2) is 38.2 Å². The second-order valence-corrected chi connectivity index (χ2v) is 7.64. The summed E-state index contributed by atoms with van der Waals surface area (Å²) in [5, 5.41) is 2.26. The largest absolute Gasteiger partial charge is 0.493 e. The number of benzene rings is 2. The maximum Gasteiger partial charge on any atom is 0.338 e. The Balaban J connectivity index is 1.76. The predicted molar refractivity (Wildman–Crippen MR) is 121 cm³/mol. The third-order valence-electron chi connectivity index (χ3n) is 4.56. The van der Waals surface area contributed by atoms with E-state index in [0.29, 0.717) is 28.1 Å². The number of thiazole rings is 1. The minimum Gasteiger partial charge on any atom is -0.493 e.